The maximum absolute atomic E-state index is 7.12. The Balaban J connectivity index is 0.913. The molecule has 68 heavy (non-hydrogen) atoms. The molecule has 1 aliphatic heterocycles. The van der Waals surface area contributed by atoms with Crippen molar-refractivity contribution in [1.82, 2.24) is 19.5 Å². The van der Waals surface area contributed by atoms with Crippen LogP contribution in [-0.4, -0.2) is 19.5 Å². The molecule has 3 heterocycles. The van der Waals surface area contributed by atoms with E-state index in [2.05, 4.69) is 235 Å². The van der Waals surface area contributed by atoms with Crippen LogP contribution in [0.5, 0.6) is 5.75 Å². The van der Waals surface area contributed by atoms with E-state index >= 15 is 0 Å². The number of benzene rings is 9. The Morgan fingerprint density at radius 3 is 1.47 bits per heavy atom. The Hall–Kier alpha value is -8.93. The highest BCUT2D eigenvalue weighted by Gasteiger charge is 2.42. The van der Waals surface area contributed by atoms with Crippen LogP contribution in [0.25, 0.3) is 101 Å². The summed E-state index contributed by atoms with van der Waals surface area (Å²) in [6.45, 7) is 0. The second kappa shape index (κ2) is 16.5. The van der Waals surface area contributed by atoms with Crippen LogP contribution < -0.4 is 4.74 Å². The van der Waals surface area contributed by atoms with Gasteiger partial charge in [-0.25, -0.2) is 15.0 Å². The summed E-state index contributed by atoms with van der Waals surface area (Å²) in [5.74, 6) is 2.60. The zero-order valence-corrected chi connectivity index (χ0v) is 36.9. The van der Waals surface area contributed by atoms with E-state index in [1.807, 2.05) is 12.1 Å². The van der Waals surface area contributed by atoms with Gasteiger partial charge in [0.25, 0.3) is 0 Å². The summed E-state index contributed by atoms with van der Waals surface area (Å²) in [6.07, 6.45) is 4.36. The quantitative estimate of drug-likeness (QED) is 0.153. The molecule has 320 valence electrons. The summed E-state index contributed by atoms with van der Waals surface area (Å²) in [7, 11) is 0. The molecule has 0 saturated carbocycles. The van der Waals surface area contributed by atoms with E-state index in [-0.39, 0.29) is 12.0 Å². The van der Waals surface area contributed by atoms with Gasteiger partial charge in [0.1, 0.15) is 11.9 Å². The predicted molar refractivity (Wildman–Crippen MR) is 276 cm³/mol. The Bertz CT molecular complexity index is 3610. The molecule has 2 atom stereocenters. The molecule has 5 heteroatoms. The van der Waals surface area contributed by atoms with Crippen molar-refractivity contribution in [2.45, 2.75) is 12.0 Å². The van der Waals surface area contributed by atoms with Crippen molar-refractivity contribution in [2.24, 2.45) is 0 Å². The van der Waals surface area contributed by atoms with Crippen LogP contribution in [0, 0.1) is 0 Å². The highest BCUT2D eigenvalue weighted by Crippen LogP contribution is 2.55. The molecular formula is C63H42N4O. The minimum absolute atomic E-state index is 0.0751. The Morgan fingerprint density at radius 1 is 0.368 bits per heavy atom. The zero-order chi connectivity index (χ0) is 45.0. The first kappa shape index (κ1) is 39.4. The van der Waals surface area contributed by atoms with Crippen LogP contribution in [0.2, 0.25) is 0 Å². The lowest BCUT2D eigenvalue weighted by Gasteiger charge is -2.23. The van der Waals surface area contributed by atoms with Crippen LogP contribution in [0.1, 0.15) is 28.8 Å². The molecule has 1 aliphatic carbocycles. The third kappa shape index (κ3) is 6.92. The summed E-state index contributed by atoms with van der Waals surface area (Å²) in [5, 5.41) is 1.18. The molecule has 0 N–H and O–H groups in total. The summed E-state index contributed by atoms with van der Waals surface area (Å²) >= 11 is 0. The second-order valence-electron chi connectivity index (χ2n) is 17.5. The van der Waals surface area contributed by atoms with E-state index in [4.69, 9.17) is 19.7 Å². The number of hydrogen-bond donors (Lipinski definition) is 0. The predicted octanol–water partition coefficient (Wildman–Crippen LogP) is 15.7. The van der Waals surface area contributed by atoms with E-state index in [0.29, 0.717) is 17.5 Å². The average Bonchev–Trinajstić information content (AvgIpc) is 3.98. The van der Waals surface area contributed by atoms with Crippen molar-refractivity contribution in [3.8, 4) is 90.1 Å². The van der Waals surface area contributed by atoms with Crippen molar-refractivity contribution in [2.75, 3.05) is 0 Å². The Morgan fingerprint density at radius 2 is 0.838 bits per heavy atom. The van der Waals surface area contributed by atoms with Crippen molar-refractivity contribution in [3.63, 3.8) is 0 Å². The third-order valence-electron chi connectivity index (χ3n) is 13.4. The van der Waals surface area contributed by atoms with Gasteiger partial charge in [-0.05, 0) is 87.0 Å². The van der Waals surface area contributed by atoms with Gasteiger partial charge in [0.2, 0.25) is 0 Å². The molecule has 2 aromatic heterocycles. The van der Waals surface area contributed by atoms with Gasteiger partial charge >= 0.3 is 0 Å². The zero-order valence-electron chi connectivity index (χ0n) is 36.9. The first-order chi connectivity index (χ1) is 33.7. The van der Waals surface area contributed by atoms with Crippen LogP contribution in [0.4, 0.5) is 0 Å². The number of ether oxygens (including phenoxy) is 1. The number of fused-ring (bicyclic) bond motifs is 7. The van der Waals surface area contributed by atoms with Gasteiger partial charge in [0.15, 0.2) is 17.5 Å². The van der Waals surface area contributed by atoms with Crippen LogP contribution in [0.15, 0.2) is 237 Å². The van der Waals surface area contributed by atoms with Gasteiger partial charge in [-0.3, -0.25) is 0 Å². The van der Waals surface area contributed by atoms with Crippen LogP contribution in [0.3, 0.4) is 0 Å². The molecule has 0 saturated heterocycles. The first-order valence-electron chi connectivity index (χ1n) is 23.2. The summed E-state index contributed by atoms with van der Waals surface area (Å²) in [6, 6.07) is 81.1. The molecule has 2 aliphatic rings. The van der Waals surface area contributed by atoms with Crippen molar-refractivity contribution < 1.29 is 4.74 Å². The fourth-order valence-corrected chi connectivity index (χ4v) is 10.2. The normalized spacial score (nSPS) is 14.5. The Labute approximate surface area is 395 Å². The van der Waals surface area contributed by atoms with Crippen molar-refractivity contribution >= 4 is 17.0 Å². The molecule has 0 radical (unpaired) electrons. The summed E-state index contributed by atoms with van der Waals surface area (Å²) in [4.78, 5) is 15.8. The fourth-order valence-electron chi connectivity index (χ4n) is 10.2. The molecule has 0 bridgehead atoms. The molecular weight excluding hydrogens is 829 g/mol. The monoisotopic (exact) mass is 870 g/mol. The third-order valence-corrected chi connectivity index (χ3v) is 13.4. The number of para-hydroxylation sites is 1. The number of rotatable bonds is 8. The van der Waals surface area contributed by atoms with Gasteiger partial charge in [-0.15, -0.1) is 0 Å². The first-order valence-corrected chi connectivity index (χ1v) is 23.2. The topological polar surface area (TPSA) is 52.8 Å². The number of nitrogens with zero attached hydrogens (tertiary/aromatic N) is 4. The molecule has 0 fully saturated rings. The molecule has 0 spiro atoms. The van der Waals surface area contributed by atoms with Crippen molar-refractivity contribution in [1.29, 1.82) is 0 Å². The van der Waals surface area contributed by atoms with Gasteiger partial charge in [0.05, 0.1) is 11.2 Å². The van der Waals surface area contributed by atoms with E-state index in [1.165, 1.54) is 27.6 Å². The molecule has 0 amide bonds. The highest BCUT2D eigenvalue weighted by molar-refractivity contribution is 5.93. The van der Waals surface area contributed by atoms with E-state index in [1.54, 1.807) is 0 Å². The van der Waals surface area contributed by atoms with Gasteiger partial charge in [-0.2, -0.15) is 0 Å². The Kier molecular flexibility index (Phi) is 9.57. The van der Waals surface area contributed by atoms with Gasteiger partial charge < -0.3 is 9.30 Å². The number of aromatic nitrogens is 4. The van der Waals surface area contributed by atoms with E-state index in [0.717, 1.165) is 72.7 Å². The fraction of sp³-hybridized carbons (Fsp3) is 0.0317. The van der Waals surface area contributed by atoms with Crippen LogP contribution >= 0.6 is 0 Å². The average molecular weight is 871 g/mol. The lowest BCUT2D eigenvalue weighted by molar-refractivity contribution is 0.224. The minimum Gasteiger partial charge on any atom is -0.484 e. The van der Waals surface area contributed by atoms with Gasteiger partial charge in [0, 0.05) is 44.8 Å². The molecule has 9 aromatic carbocycles. The van der Waals surface area contributed by atoms with Gasteiger partial charge in [-0.1, -0.05) is 200 Å². The molecule has 13 rings (SSSR count). The lowest BCUT2D eigenvalue weighted by atomic mass is 9.83. The lowest BCUT2D eigenvalue weighted by Crippen LogP contribution is -2.14. The molecule has 5 nitrogen and oxygen atoms in total. The van der Waals surface area contributed by atoms with E-state index < -0.39 is 0 Å². The highest BCUT2D eigenvalue weighted by atomic mass is 16.5. The summed E-state index contributed by atoms with van der Waals surface area (Å²) < 4.78 is 9.51. The largest absolute Gasteiger partial charge is 0.484 e. The SMILES string of the molecule is C1=CC2c3c(cccc3-c3nc(-c4cccc(-c5ccccc5)c4)nc(-c4cccc(-c5ccccc5)c4)n3)OC2c2c1n(-c1cccc(-c3ccc(-c4ccccc4)cc3)c1)c1ccccc21. The molecule has 11 aromatic rings. The smallest absolute Gasteiger partial charge is 0.164 e. The summed E-state index contributed by atoms with van der Waals surface area (Å²) in [5.41, 5.74) is 17.6. The standard InChI is InChI=1S/C63H42N4O/c1-4-16-41(17-5-1)44-32-34-45(35-33-44)48-24-14-27-51(40-48)67-55-30-11-10-28-52(55)59-56(67)37-36-53-58-54(29-15-31-57(58)68-60(53)59)63-65-61(49-25-12-22-46(38-49)42-18-6-2-7-19-42)64-62(66-63)50-26-13-23-47(39-50)43-20-8-3-9-21-43/h1-40,53,60H. The maximum Gasteiger partial charge on any atom is 0.164 e. The number of hydrogen-bond acceptors (Lipinski definition) is 4. The van der Waals surface area contributed by atoms with E-state index in [9.17, 15) is 0 Å². The minimum atomic E-state index is -0.253. The second-order valence-corrected chi connectivity index (χ2v) is 17.5. The maximum atomic E-state index is 7.12. The molecule has 2 unspecified atom stereocenters. The van der Waals surface area contributed by atoms with Crippen molar-refractivity contribution in [3.05, 3.63) is 253 Å². The van der Waals surface area contributed by atoms with Crippen LogP contribution in [-0.2, 0) is 0 Å².